The number of hydrogen-bond acceptors (Lipinski definition) is 2. The van der Waals surface area contributed by atoms with Crippen molar-refractivity contribution in [3.63, 3.8) is 0 Å². The summed E-state index contributed by atoms with van der Waals surface area (Å²) in [6, 6.07) is 7.29. The summed E-state index contributed by atoms with van der Waals surface area (Å²) in [4.78, 5) is 12.0. The maximum atomic E-state index is 12.0. The van der Waals surface area contributed by atoms with Gasteiger partial charge in [-0.15, -0.1) is 0 Å². The Morgan fingerprint density at radius 3 is 2.62 bits per heavy atom. The Morgan fingerprint density at radius 2 is 1.95 bits per heavy atom. The molecule has 0 aliphatic heterocycles. The Morgan fingerprint density at radius 1 is 1.24 bits per heavy atom. The third kappa shape index (κ3) is 6.63. The zero-order valence-electron chi connectivity index (χ0n) is 13.3. The predicted molar refractivity (Wildman–Crippen MR) is 85.1 cm³/mol. The Labute approximate surface area is 128 Å². The zero-order chi connectivity index (χ0) is 15.5. The van der Waals surface area contributed by atoms with Crippen molar-refractivity contribution in [1.29, 1.82) is 0 Å². The molecule has 0 fully saturated rings. The van der Waals surface area contributed by atoms with E-state index in [0.717, 1.165) is 44.3 Å². The Bertz CT molecular complexity index is 421. The van der Waals surface area contributed by atoms with Gasteiger partial charge in [0, 0.05) is 6.54 Å². The van der Waals surface area contributed by atoms with E-state index in [2.05, 4.69) is 24.5 Å². The quantitative estimate of drug-likeness (QED) is 0.578. The van der Waals surface area contributed by atoms with Gasteiger partial charge in [-0.05, 0) is 25.0 Å². The fraction of sp³-hybridized carbons (Fsp3) is 0.588. The van der Waals surface area contributed by atoms with E-state index in [1.54, 1.807) is 6.07 Å². The molecule has 0 aliphatic rings. The van der Waals surface area contributed by atoms with Crippen LogP contribution in [0, 0.1) is 0 Å². The number of amides is 1. The number of phenols is 1. The highest BCUT2D eigenvalue weighted by Crippen LogP contribution is 2.23. The van der Waals surface area contributed by atoms with E-state index in [1.807, 2.05) is 18.2 Å². The molecule has 1 rings (SSSR count). The number of carbonyl (C=O) groups excluding carboxylic acids is 1. The number of nitrogens with two attached hydrogens (primary N) is 1. The lowest BCUT2D eigenvalue weighted by atomic mass is 10.0. The van der Waals surface area contributed by atoms with E-state index < -0.39 is 0 Å². The Balaban J connectivity index is 2.64. The lowest BCUT2D eigenvalue weighted by Crippen LogP contribution is -2.85. The van der Waals surface area contributed by atoms with E-state index in [-0.39, 0.29) is 17.7 Å². The van der Waals surface area contributed by atoms with Gasteiger partial charge in [0.25, 0.3) is 0 Å². The molecule has 1 aromatic rings. The highest BCUT2D eigenvalue weighted by molar-refractivity contribution is 5.76. The van der Waals surface area contributed by atoms with E-state index in [1.165, 1.54) is 0 Å². The van der Waals surface area contributed by atoms with Gasteiger partial charge in [0.15, 0.2) is 0 Å². The lowest BCUT2D eigenvalue weighted by Gasteiger charge is -2.17. The minimum absolute atomic E-state index is 0.0145. The number of nitrogens with one attached hydrogen (secondary N) is 1. The van der Waals surface area contributed by atoms with Crippen LogP contribution < -0.4 is 10.6 Å². The number of carbonyl (C=O) groups is 1. The molecule has 0 heterocycles. The normalized spacial score (nSPS) is 12.1. The topological polar surface area (TPSA) is 65.9 Å². The average molecular weight is 293 g/mol. The number of unbranched alkanes of at least 4 members (excludes halogenated alkanes) is 2. The molecule has 0 spiro atoms. The summed E-state index contributed by atoms with van der Waals surface area (Å²) < 4.78 is 0. The van der Waals surface area contributed by atoms with E-state index >= 15 is 0 Å². The molecular formula is C17H29N2O2+. The van der Waals surface area contributed by atoms with Gasteiger partial charge in [-0.2, -0.15) is 0 Å². The number of benzene rings is 1. The van der Waals surface area contributed by atoms with E-state index in [4.69, 9.17) is 0 Å². The summed E-state index contributed by atoms with van der Waals surface area (Å²) in [6.07, 6.45) is 4.73. The molecular weight excluding hydrogens is 264 g/mol. The van der Waals surface area contributed by atoms with Gasteiger partial charge in [0.05, 0.1) is 18.5 Å². The second kappa shape index (κ2) is 10.2. The van der Waals surface area contributed by atoms with Crippen LogP contribution in [0.1, 0.15) is 57.6 Å². The lowest BCUT2D eigenvalue weighted by molar-refractivity contribution is -0.695. The number of hydrogen-bond donors (Lipinski definition) is 3. The third-order valence-corrected chi connectivity index (χ3v) is 3.60. The van der Waals surface area contributed by atoms with E-state index in [9.17, 15) is 9.90 Å². The number of aromatic hydroxyl groups is 1. The van der Waals surface area contributed by atoms with Crippen molar-refractivity contribution in [3.8, 4) is 5.75 Å². The molecule has 4 heteroatoms. The van der Waals surface area contributed by atoms with Crippen molar-refractivity contribution in [2.75, 3.05) is 13.1 Å². The minimum atomic E-state index is -0.0145. The van der Waals surface area contributed by atoms with Crippen LogP contribution in [0.15, 0.2) is 24.3 Å². The monoisotopic (exact) mass is 293 g/mol. The van der Waals surface area contributed by atoms with Crippen LogP contribution >= 0.6 is 0 Å². The van der Waals surface area contributed by atoms with Gasteiger partial charge in [0.2, 0.25) is 5.91 Å². The molecule has 0 bridgehead atoms. The van der Waals surface area contributed by atoms with Crippen molar-refractivity contribution >= 4 is 5.91 Å². The molecule has 118 valence electrons. The first kappa shape index (κ1) is 17.5. The predicted octanol–water partition coefficient (Wildman–Crippen LogP) is 2.10. The molecule has 0 aliphatic carbocycles. The highest BCUT2D eigenvalue weighted by atomic mass is 16.3. The van der Waals surface area contributed by atoms with Gasteiger partial charge >= 0.3 is 0 Å². The van der Waals surface area contributed by atoms with Crippen molar-refractivity contribution in [1.82, 2.24) is 5.32 Å². The molecule has 4 nitrogen and oxygen atoms in total. The van der Waals surface area contributed by atoms with Crippen LogP contribution in [0.3, 0.4) is 0 Å². The second-order valence-corrected chi connectivity index (χ2v) is 5.45. The van der Waals surface area contributed by atoms with Crippen LogP contribution in [0.25, 0.3) is 0 Å². The Hall–Kier alpha value is -1.55. The fourth-order valence-electron chi connectivity index (χ4n) is 2.32. The number of para-hydroxylation sites is 1. The van der Waals surface area contributed by atoms with Crippen molar-refractivity contribution < 1.29 is 15.2 Å². The van der Waals surface area contributed by atoms with Gasteiger partial charge < -0.3 is 15.7 Å². The first-order valence-corrected chi connectivity index (χ1v) is 8.06. The molecule has 1 amide bonds. The first-order valence-electron chi connectivity index (χ1n) is 8.06. The number of quaternary nitrogens is 1. The molecule has 0 unspecified atom stereocenters. The Kier molecular flexibility index (Phi) is 8.51. The summed E-state index contributed by atoms with van der Waals surface area (Å²) in [6.45, 7) is 5.96. The molecule has 1 atom stereocenters. The van der Waals surface area contributed by atoms with Crippen LogP contribution in [-0.4, -0.2) is 24.1 Å². The first-order chi connectivity index (χ1) is 10.2. The largest absolute Gasteiger partial charge is 0.507 e. The highest BCUT2D eigenvalue weighted by Gasteiger charge is 2.21. The van der Waals surface area contributed by atoms with Crippen molar-refractivity contribution in [2.45, 2.75) is 52.0 Å². The fourth-order valence-corrected chi connectivity index (χ4v) is 2.32. The van der Waals surface area contributed by atoms with Crippen molar-refractivity contribution in [3.05, 3.63) is 29.8 Å². The van der Waals surface area contributed by atoms with Crippen LogP contribution in [0.5, 0.6) is 5.75 Å². The summed E-state index contributed by atoms with van der Waals surface area (Å²) in [5.74, 6) is 0.334. The summed E-state index contributed by atoms with van der Waals surface area (Å²) in [5, 5.41) is 15.1. The smallest absolute Gasteiger partial charge is 0.226 e. The maximum absolute atomic E-state index is 12.0. The van der Waals surface area contributed by atoms with E-state index in [0.29, 0.717) is 6.42 Å². The van der Waals surface area contributed by atoms with Crippen molar-refractivity contribution in [2.24, 2.45) is 0 Å². The van der Waals surface area contributed by atoms with Crippen LogP contribution in [-0.2, 0) is 4.79 Å². The molecule has 0 saturated carbocycles. The summed E-state index contributed by atoms with van der Waals surface area (Å²) >= 11 is 0. The van der Waals surface area contributed by atoms with Gasteiger partial charge in [-0.1, -0.05) is 38.8 Å². The van der Waals surface area contributed by atoms with Gasteiger partial charge in [-0.25, -0.2) is 0 Å². The standard InChI is InChI=1S/C17H28N2O2/c1-3-5-11-18-15(13-17(21)19-12-6-4-2)14-9-7-8-10-16(14)20/h7-10,15,18,20H,3-6,11-13H2,1-2H3,(H,19,21)/p+1/t15-/m1/s1. The number of rotatable bonds is 10. The summed E-state index contributed by atoms with van der Waals surface area (Å²) in [5.41, 5.74) is 0.847. The molecule has 1 aromatic carbocycles. The zero-order valence-corrected chi connectivity index (χ0v) is 13.3. The van der Waals surface area contributed by atoms with Crippen LogP contribution in [0.4, 0.5) is 0 Å². The third-order valence-electron chi connectivity index (χ3n) is 3.60. The molecule has 0 radical (unpaired) electrons. The number of phenolic OH excluding ortho intramolecular Hbond substituents is 1. The molecule has 21 heavy (non-hydrogen) atoms. The molecule has 0 saturated heterocycles. The second-order valence-electron chi connectivity index (χ2n) is 5.45. The van der Waals surface area contributed by atoms with Crippen LogP contribution in [0.2, 0.25) is 0 Å². The minimum Gasteiger partial charge on any atom is -0.507 e. The van der Waals surface area contributed by atoms with Gasteiger partial charge in [0.1, 0.15) is 11.8 Å². The molecule has 0 aromatic heterocycles. The average Bonchev–Trinajstić information content (AvgIpc) is 2.47. The van der Waals surface area contributed by atoms with Gasteiger partial charge in [-0.3, -0.25) is 4.79 Å². The maximum Gasteiger partial charge on any atom is 0.226 e. The molecule has 4 N–H and O–H groups in total. The SMILES string of the molecule is CCCCNC(=O)C[C@@H]([NH2+]CCCC)c1ccccc1O. The summed E-state index contributed by atoms with van der Waals surface area (Å²) in [7, 11) is 0.